The van der Waals surface area contributed by atoms with Gasteiger partial charge in [-0.2, -0.15) is 5.10 Å². The Hall–Kier alpha value is -1.73. The molecule has 0 unspecified atom stereocenters. The van der Waals surface area contributed by atoms with Crippen molar-refractivity contribution in [3.63, 3.8) is 0 Å². The van der Waals surface area contributed by atoms with Crippen LogP contribution in [0.4, 0.5) is 5.69 Å². The lowest BCUT2D eigenvalue weighted by atomic mass is 10.5. The van der Waals surface area contributed by atoms with Gasteiger partial charge in [0.2, 0.25) is 5.96 Å². The molecule has 0 saturated carbocycles. The zero-order valence-electron chi connectivity index (χ0n) is 8.87. The second-order valence-corrected chi connectivity index (χ2v) is 2.93. The normalized spacial score (nSPS) is 11.5. The molecular weight excluding hydrogens is 210 g/mol. The maximum absolute atomic E-state index is 8.71. The summed E-state index contributed by atoms with van der Waals surface area (Å²) in [4.78, 5) is 7.62. The largest absolute Gasteiger partial charge is 0.394 e. The highest BCUT2D eigenvalue weighted by Gasteiger charge is 2.00. The Kier molecular flexibility index (Phi) is 5.17. The summed E-state index contributed by atoms with van der Waals surface area (Å²) in [6.07, 6.45) is 3.31. The average molecular weight is 225 g/mol. The monoisotopic (exact) mass is 225 g/mol. The van der Waals surface area contributed by atoms with E-state index in [0.29, 0.717) is 18.2 Å². The van der Waals surface area contributed by atoms with Crippen LogP contribution in [0.3, 0.4) is 0 Å². The van der Waals surface area contributed by atoms with Crippen molar-refractivity contribution in [3.8, 4) is 0 Å². The van der Waals surface area contributed by atoms with Crippen LogP contribution in [0.5, 0.6) is 0 Å². The number of guanidine groups is 1. The third-order valence-corrected chi connectivity index (χ3v) is 1.73. The molecule has 0 atom stereocenters. The fraction of sp³-hybridized carbons (Fsp3) is 0.444. The Morgan fingerprint density at radius 3 is 2.94 bits per heavy atom. The summed E-state index contributed by atoms with van der Waals surface area (Å²) in [5.74, 6) is 0.331. The van der Waals surface area contributed by atoms with Gasteiger partial charge in [-0.25, -0.2) is 9.98 Å². The smallest absolute Gasteiger partial charge is 0.222 e. The number of nitrogens with zero attached hydrogens (tertiary/aromatic N) is 4. The second-order valence-electron chi connectivity index (χ2n) is 2.93. The molecule has 0 spiro atoms. The maximum Gasteiger partial charge on any atom is 0.222 e. The lowest BCUT2D eigenvalue weighted by Crippen LogP contribution is -2.10. The molecule has 3 N–H and O–H groups in total. The first-order valence-corrected chi connectivity index (χ1v) is 4.82. The maximum atomic E-state index is 8.71. The van der Waals surface area contributed by atoms with Gasteiger partial charge in [0.15, 0.2) is 0 Å². The van der Waals surface area contributed by atoms with E-state index in [0.717, 1.165) is 0 Å². The van der Waals surface area contributed by atoms with Gasteiger partial charge in [-0.1, -0.05) is 0 Å². The highest BCUT2D eigenvalue weighted by atomic mass is 16.3. The van der Waals surface area contributed by atoms with Crippen molar-refractivity contribution in [1.29, 1.82) is 0 Å². The van der Waals surface area contributed by atoms with Crippen LogP contribution in [0.15, 0.2) is 22.4 Å². The number of hydrogen-bond donors (Lipinski definition) is 3. The van der Waals surface area contributed by atoms with Gasteiger partial charge in [0, 0.05) is 6.20 Å². The van der Waals surface area contributed by atoms with Crippen LogP contribution in [0.1, 0.15) is 0 Å². The third kappa shape index (κ3) is 3.79. The minimum atomic E-state index is -0.0372. The third-order valence-electron chi connectivity index (χ3n) is 1.73. The van der Waals surface area contributed by atoms with E-state index in [1.807, 2.05) is 0 Å². The van der Waals surface area contributed by atoms with E-state index >= 15 is 0 Å². The molecule has 1 aromatic rings. The van der Waals surface area contributed by atoms with Gasteiger partial charge >= 0.3 is 0 Å². The van der Waals surface area contributed by atoms with Crippen molar-refractivity contribution in [2.75, 3.05) is 25.1 Å². The number of nitrogens with one attached hydrogen (secondary N) is 1. The van der Waals surface area contributed by atoms with Crippen LogP contribution in [-0.4, -0.2) is 52.4 Å². The summed E-state index contributed by atoms with van der Waals surface area (Å²) in [7, 11) is 0. The molecule has 0 bridgehead atoms. The molecule has 88 valence electrons. The average Bonchev–Trinajstić information content (AvgIpc) is 2.72. The van der Waals surface area contributed by atoms with Gasteiger partial charge in [-0.15, -0.1) is 0 Å². The van der Waals surface area contributed by atoms with Crippen LogP contribution >= 0.6 is 0 Å². The number of aliphatic imine (C=N–C) groups is 2. The van der Waals surface area contributed by atoms with E-state index in [9.17, 15) is 0 Å². The summed E-state index contributed by atoms with van der Waals surface area (Å²) in [6.45, 7) is 4.06. The van der Waals surface area contributed by atoms with Crippen molar-refractivity contribution >= 4 is 18.4 Å². The molecular formula is C9H15N5O2. The molecule has 1 aromatic heterocycles. The Morgan fingerprint density at radius 1 is 1.50 bits per heavy atom. The summed E-state index contributed by atoms with van der Waals surface area (Å²) < 4.78 is 1.59. The fourth-order valence-corrected chi connectivity index (χ4v) is 1.07. The van der Waals surface area contributed by atoms with E-state index in [4.69, 9.17) is 10.2 Å². The van der Waals surface area contributed by atoms with Gasteiger partial charge in [0.05, 0.1) is 38.2 Å². The standard InChI is InChI=1S/C9H15N5O2/c1-10-9(11-2-4-15)13-8-6-12-14(7-8)3-5-16/h6-7,15-16H,1-5H2,(H,11,13). The zero-order valence-corrected chi connectivity index (χ0v) is 8.87. The molecule has 0 aromatic carbocycles. The van der Waals surface area contributed by atoms with Crippen molar-refractivity contribution in [3.05, 3.63) is 12.4 Å². The molecule has 0 saturated heterocycles. The van der Waals surface area contributed by atoms with Gasteiger partial charge in [-0.3, -0.25) is 4.68 Å². The molecule has 0 amide bonds. The molecule has 0 fully saturated rings. The first-order valence-electron chi connectivity index (χ1n) is 4.82. The van der Waals surface area contributed by atoms with E-state index < -0.39 is 0 Å². The van der Waals surface area contributed by atoms with Gasteiger partial charge < -0.3 is 15.5 Å². The first kappa shape index (κ1) is 12.3. The number of aromatic nitrogens is 2. The number of hydrogen-bond acceptors (Lipinski definition) is 4. The Labute approximate surface area is 93.2 Å². The minimum Gasteiger partial charge on any atom is -0.394 e. The Morgan fingerprint density at radius 2 is 2.31 bits per heavy atom. The lowest BCUT2D eigenvalue weighted by molar-refractivity contribution is 0.269. The van der Waals surface area contributed by atoms with Crippen molar-refractivity contribution < 1.29 is 10.2 Å². The minimum absolute atomic E-state index is 0.0340. The van der Waals surface area contributed by atoms with E-state index in [1.54, 1.807) is 17.1 Å². The summed E-state index contributed by atoms with van der Waals surface area (Å²) >= 11 is 0. The van der Waals surface area contributed by atoms with E-state index in [1.165, 1.54) is 0 Å². The van der Waals surface area contributed by atoms with Crippen molar-refractivity contribution in [2.45, 2.75) is 6.54 Å². The topological polar surface area (TPSA) is 95.0 Å². The molecule has 0 radical (unpaired) electrons. The zero-order chi connectivity index (χ0) is 11.8. The number of aliphatic hydroxyl groups excluding tert-OH is 2. The van der Waals surface area contributed by atoms with Crippen LogP contribution in [0, 0.1) is 0 Å². The van der Waals surface area contributed by atoms with Crippen molar-refractivity contribution in [1.82, 2.24) is 9.78 Å². The molecule has 1 heterocycles. The predicted octanol–water partition coefficient (Wildman–Crippen LogP) is -0.664. The number of anilines is 1. The molecule has 7 nitrogen and oxygen atoms in total. The van der Waals surface area contributed by atoms with E-state index in [2.05, 4.69) is 27.1 Å². The first-order chi connectivity index (χ1) is 7.80. The Bertz CT molecular complexity index is 361. The summed E-state index contributed by atoms with van der Waals surface area (Å²) in [5, 5.41) is 24.2. The van der Waals surface area contributed by atoms with Crippen LogP contribution in [-0.2, 0) is 6.54 Å². The SMILES string of the molecule is C=NC(=NCCO)Nc1cnn(CCO)c1. The lowest BCUT2D eigenvalue weighted by Gasteiger charge is -2.01. The molecule has 16 heavy (non-hydrogen) atoms. The molecule has 0 aliphatic carbocycles. The van der Waals surface area contributed by atoms with Crippen LogP contribution in [0.2, 0.25) is 0 Å². The van der Waals surface area contributed by atoms with E-state index in [-0.39, 0.29) is 19.8 Å². The molecule has 7 heteroatoms. The highest BCUT2D eigenvalue weighted by Crippen LogP contribution is 2.04. The quantitative estimate of drug-likeness (QED) is 0.458. The summed E-state index contributed by atoms with van der Waals surface area (Å²) in [6, 6.07) is 0. The Balaban J connectivity index is 2.59. The second kappa shape index (κ2) is 6.70. The highest BCUT2D eigenvalue weighted by molar-refractivity contribution is 5.96. The predicted molar refractivity (Wildman–Crippen MR) is 61.9 cm³/mol. The number of rotatable bonds is 5. The number of aliphatic hydroxyl groups is 2. The summed E-state index contributed by atoms with van der Waals surface area (Å²) in [5.41, 5.74) is 0.706. The van der Waals surface area contributed by atoms with Gasteiger partial charge in [0.25, 0.3) is 0 Å². The van der Waals surface area contributed by atoms with Gasteiger partial charge in [-0.05, 0) is 6.72 Å². The van der Waals surface area contributed by atoms with Gasteiger partial charge in [0.1, 0.15) is 0 Å². The molecule has 1 rings (SSSR count). The molecule has 0 aliphatic rings. The van der Waals surface area contributed by atoms with Crippen LogP contribution in [0.25, 0.3) is 0 Å². The fourth-order valence-electron chi connectivity index (χ4n) is 1.07. The van der Waals surface area contributed by atoms with Crippen LogP contribution < -0.4 is 5.32 Å². The molecule has 0 aliphatic heterocycles. The van der Waals surface area contributed by atoms with Crippen molar-refractivity contribution in [2.24, 2.45) is 9.98 Å².